The average Bonchev–Trinajstić information content (AvgIpc) is 2.31. The Morgan fingerprint density at radius 1 is 1.32 bits per heavy atom. The van der Waals surface area contributed by atoms with Gasteiger partial charge in [-0.2, -0.15) is 0 Å². The number of rotatable bonds is 7. The van der Waals surface area contributed by atoms with Gasteiger partial charge in [0.05, 0.1) is 12.0 Å². The number of hydrogen-bond acceptors (Lipinski definition) is 4. The predicted octanol–water partition coefficient (Wildman–Crippen LogP) is -1.01. The molecule has 1 atom stereocenters. The van der Waals surface area contributed by atoms with Crippen molar-refractivity contribution in [2.75, 3.05) is 26.7 Å². The van der Waals surface area contributed by atoms with E-state index in [2.05, 4.69) is 10.6 Å². The Kier molecular flexibility index (Phi) is 6.84. The van der Waals surface area contributed by atoms with Gasteiger partial charge in [-0.15, -0.1) is 0 Å². The summed E-state index contributed by atoms with van der Waals surface area (Å²) >= 11 is 0. The summed E-state index contributed by atoms with van der Waals surface area (Å²) in [6, 6.07) is -0.531. The molecule has 0 radical (unpaired) electrons. The number of carbonyl (C=O) groups excluding carboxylic acids is 2. The third-order valence-corrected chi connectivity index (χ3v) is 2.43. The Hall–Kier alpha value is -1.83. The number of hydrogen-bond donors (Lipinski definition) is 4. The zero-order valence-corrected chi connectivity index (χ0v) is 11.4. The molecule has 8 nitrogen and oxygen atoms in total. The molecule has 0 bridgehead atoms. The molecule has 110 valence electrons. The normalized spacial score (nSPS) is 13.3. The predicted molar refractivity (Wildman–Crippen MR) is 67.6 cm³/mol. The van der Waals surface area contributed by atoms with Crippen LogP contribution in [-0.2, 0) is 9.59 Å². The lowest BCUT2D eigenvalue weighted by atomic mass is 10.0. The van der Waals surface area contributed by atoms with Crippen molar-refractivity contribution in [3.63, 3.8) is 0 Å². The Morgan fingerprint density at radius 3 is 2.32 bits per heavy atom. The van der Waals surface area contributed by atoms with E-state index in [1.807, 2.05) is 0 Å². The van der Waals surface area contributed by atoms with E-state index in [0.29, 0.717) is 6.54 Å². The van der Waals surface area contributed by atoms with E-state index < -0.39 is 24.0 Å². The Bertz CT molecular complexity index is 343. The molecule has 0 fully saturated rings. The maximum absolute atomic E-state index is 11.7. The number of urea groups is 1. The summed E-state index contributed by atoms with van der Waals surface area (Å²) < 4.78 is 0. The number of carbonyl (C=O) groups is 3. The van der Waals surface area contributed by atoms with Gasteiger partial charge in [0.15, 0.2) is 0 Å². The highest BCUT2D eigenvalue weighted by atomic mass is 16.4. The highest BCUT2D eigenvalue weighted by Gasteiger charge is 2.26. The Balaban J connectivity index is 4.34. The fraction of sp³-hybridized carbons (Fsp3) is 0.727. The van der Waals surface area contributed by atoms with Crippen LogP contribution in [0.25, 0.3) is 0 Å². The SMILES string of the molecule is CCN(CC(=O)NC)C(=O)NCC(C)(O)CC(=O)O. The summed E-state index contributed by atoms with van der Waals surface area (Å²) in [6.07, 6.45) is -0.477. The van der Waals surface area contributed by atoms with Gasteiger partial charge in [0.1, 0.15) is 6.54 Å². The van der Waals surface area contributed by atoms with E-state index in [0.717, 1.165) is 0 Å². The van der Waals surface area contributed by atoms with Gasteiger partial charge in [0, 0.05) is 20.1 Å². The number of amides is 3. The highest BCUT2D eigenvalue weighted by Crippen LogP contribution is 2.07. The highest BCUT2D eigenvalue weighted by molar-refractivity contribution is 5.83. The summed E-state index contributed by atoms with van der Waals surface area (Å²) in [7, 11) is 1.46. The van der Waals surface area contributed by atoms with Gasteiger partial charge in [-0.25, -0.2) is 4.79 Å². The lowest BCUT2D eigenvalue weighted by Gasteiger charge is -2.25. The minimum Gasteiger partial charge on any atom is -0.481 e. The topological polar surface area (TPSA) is 119 Å². The monoisotopic (exact) mass is 275 g/mol. The molecule has 0 aliphatic heterocycles. The van der Waals surface area contributed by atoms with Crippen molar-refractivity contribution in [2.45, 2.75) is 25.9 Å². The molecule has 0 aliphatic rings. The van der Waals surface area contributed by atoms with Crippen LogP contribution in [0.5, 0.6) is 0 Å². The number of nitrogens with one attached hydrogen (secondary N) is 2. The molecule has 1 unspecified atom stereocenters. The number of carboxylic acids is 1. The van der Waals surface area contributed by atoms with Gasteiger partial charge in [0.25, 0.3) is 0 Å². The maximum Gasteiger partial charge on any atom is 0.317 e. The molecular weight excluding hydrogens is 254 g/mol. The van der Waals surface area contributed by atoms with Crippen LogP contribution >= 0.6 is 0 Å². The van der Waals surface area contributed by atoms with E-state index in [-0.39, 0.29) is 19.0 Å². The zero-order chi connectivity index (χ0) is 15.1. The quantitative estimate of drug-likeness (QED) is 0.474. The van der Waals surface area contributed by atoms with Crippen LogP contribution < -0.4 is 10.6 Å². The molecule has 0 aliphatic carbocycles. The van der Waals surface area contributed by atoms with Crippen LogP contribution in [0.4, 0.5) is 4.79 Å². The molecule has 0 aromatic rings. The fourth-order valence-electron chi connectivity index (χ4n) is 1.35. The van der Waals surface area contributed by atoms with Gasteiger partial charge >= 0.3 is 12.0 Å². The zero-order valence-electron chi connectivity index (χ0n) is 11.4. The first-order valence-electron chi connectivity index (χ1n) is 5.89. The van der Waals surface area contributed by atoms with Crippen molar-refractivity contribution in [1.29, 1.82) is 0 Å². The maximum atomic E-state index is 11.7. The van der Waals surface area contributed by atoms with Crippen LogP contribution in [0.3, 0.4) is 0 Å². The summed E-state index contributed by atoms with van der Waals surface area (Å²) in [5, 5.41) is 23.1. The van der Waals surface area contributed by atoms with Crippen LogP contribution in [0.15, 0.2) is 0 Å². The van der Waals surface area contributed by atoms with Gasteiger partial charge in [-0.05, 0) is 13.8 Å². The molecule has 0 saturated heterocycles. The van der Waals surface area contributed by atoms with Gasteiger partial charge in [0.2, 0.25) is 5.91 Å². The van der Waals surface area contributed by atoms with Crippen molar-refractivity contribution in [3.8, 4) is 0 Å². The number of aliphatic carboxylic acids is 1. The summed E-state index contributed by atoms with van der Waals surface area (Å²) in [5.41, 5.74) is -1.53. The molecule has 4 N–H and O–H groups in total. The smallest absolute Gasteiger partial charge is 0.317 e. The van der Waals surface area contributed by atoms with Crippen molar-refractivity contribution in [1.82, 2.24) is 15.5 Å². The van der Waals surface area contributed by atoms with E-state index in [1.54, 1.807) is 6.92 Å². The third-order valence-electron chi connectivity index (χ3n) is 2.43. The second-order valence-electron chi connectivity index (χ2n) is 4.41. The molecule has 3 amide bonds. The lowest BCUT2D eigenvalue weighted by molar-refractivity contribution is -0.141. The molecular formula is C11H21N3O5. The van der Waals surface area contributed by atoms with Gasteiger partial charge in [-0.3, -0.25) is 9.59 Å². The molecule has 0 aromatic heterocycles. The molecule has 0 heterocycles. The fourth-order valence-corrected chi connectivity index (χ4v) is 1.35. The molecule has 0 saturated carbocycles. The van der Waals surface area contributed by atoms with Gasteiger partial charge in [-0.1, -0.05) is 0 Å². The van der Waals surface area contributed by atoms with Crippen molar-refractivity contribution < 1.29 is 24.6 Å². The first-order chi connectivity index (χ1) is 8.71. The molecule has 19 heavy (non-hydrogen) atoms. The molecule has 0 aromatic carbocycles. The van der Waals surface area contributed by atoms with Crippen molar-refractivity contribution >= 4 is 17.9 Å². The molecule has 0 spiro atoms. The summed E-state index contributed by atoms with van der Waals surface area (Å²) in [5.74, 6) is -1.47. The second-order valence-corrected chi connectivity index (χ2v) is 4.41. The second kappa shape index (κ2) is 7.57. The van der Waals surface area contributed by atoms with E-state index in [1.165, 1.54) is 18.9 Å². The number of aliphatic hydroxyl groups is 1. The van der Waals surface area contributed by atoms with Crippen LogP contribution in [-0.4, -0.2) is 65.3 Å². The van der Waals surface area contributed by atoms with Crippen LogP contribution in [0, 0.1) is 0 Å². The van der Waals surface area contributed by atoms with E-state index in [4.69, 9.17) is 5.11 Å². The van der Waals surface area contributed by atoms with Crippen LogP contribution in [0.1, 0.15) is 20.3 Å². The van der Waals surface area contributed by atoms with Crippen molar-refractivity contribution in [2.24, 2.45) is 0 Å². The first kappa shape index (κ1) is 17.2. The number of nitrogens with zero attached hydrogens (tertiary/aromatic N) is 1. The third kappa shape index (κ3) is 7.24. The summed E-state index contributed by atoms with van der Waals surface area (Å²) in [6.45, 7) is 3.04. The lowest BCUT2D eigenvalue weighted by Crippen LogP contribution is -2.49. The molecule has 0 rings (SSSR count). The van der Waals surface area contributed by atoms with Crippen molar-refractivity contribution in [3.05, 3.63) is 0 Å². The number of carboxylic acid groups (broad SMARTS) is 1. The van der Waals surface area contributed by atoms with E-state index >= 15 is 0 Å². The summed E-state index contributed by atoms with van der Waals surface area (Å²) in [4.78, 5) is 34.7. The Morgan fingerprint density at radius 2 is 1.89 bits per heavy atom. The largest absolute Gasteiger partial charge is 0.481 e. The average molecular weight is 275 g/mol. The minimum atomic E-state index is -1.53. The first-order valence-corrected chi connectivity index (χ1v) is 5.89. The van der Waals surface area contributed by atoms with Crippen LogP contribution in [0.2, 0.25) is 0 Å². The van der Waals surface area contributed by atoms with Gasteiger partial charge < -0.3 is 25.7 Å². The minimum absolute atomic E-state index is 0.0973. The number of likely N-dealkylation sites (N-methyl/N-ethyl adjacent to an activating group) is 2. The molecule has 8 heteroatoms. The Labute approximate surface area is 111 Å². The van der Waals surface area contributed by atoms with E-state index in [9.17, 15) is 19.5 Å². The standard InChI is InChI=1S/C11H21N3O5/c1-4-14(6-8(15)12-3)10(18)13-7-11(2,19)5-9(16)17/h19H,4-7H2,1-3H3,(H,12,15)(H,13,18)(H,16,17).